The largest absolute Gasteiger partial charge is 0.494 e. The van der Waals surface area contributed by atoms with E-state index in [1.807, 2.05) is 0 Å². The summed E-state index contributed by atoms with van der Waals surface area (Å²) in [5.41, 5.74) is 1.46. The molecule has 0 spiro atoms. The van der Waals surface area contributed by atoms with E-state index in [1.165, 1.54) is 25.3 Å². The van der Waals surface area contributed by atoms with Gasteiger partial charge in [-0.15, -0.1) is 0 Å². The molecule has 0 amide bonds. The number of halogens is 2. The summed E-state index contributed by atoms with van der Waals surface area (Å²) in [7, 11) is 1.41. The van der Waals surface area contributed by atoms with E-state index in [4.69, 9.17) is 4.74 Å². The van der Waals surface area contributed by atoms with Crippen LogP contribution in [0.3, 0.4) is 0 Å². The van der Waals surface area contributed by atoms with E-state index in [1.54, 1.807) is 24.3 Å². The Kier molecular flexibility index (Phi) is 2.86. The first-order valence-corrected chi connectivity index (χ1v) is 4.80. The highest BCUT2D eigenvalue weighted by Crippen LogP contribution is 2.25. The molecule has 0 aliphatic rings. The molecule has 0 N–H and O–H groups in total. The van der Waals surface area contributed by atoms with Crippen molar-refractivity contribution in [1.82, 2.24) is 0 Å². The van der Waals surface area contributed by atoms with Gasteiger partial charge in [0.15, 0.2) is 11.6 Å². The van der Waals surface area contributed by atoms with E-state index in [-0.39, 0.29) is 11.6 Å². The molecule has 2 aromatic rings. The zero-order chi connectivity index (χ0) is 11.5. The van der Waals surface area contributed by atoms with Gasteiger partial charge in [-0.3, -0.25) is 0 Å². The third kappa shape index (κ3) is 2.03. The fourth-order valence-corrected chi connectivity index (χ4v) is 1.49. The molecule has 0 atom stereocenters. The van der Waals surface area contributed by atoms with Crippen LogP contribution in [0.25, 0.3) is 11.1 Å². The fraction of sp³-hybridized carbons (Fsp3) is 0.0769. The number of hydrogen-bond donors (Lipinski definition) is 0. The first kappa shape index (κ1) is 10.6. The van der Waals surface area contributed by atoms with Crippen LogP contribution >= 0.6 is 0 Å². The molecular weight excluding hydrogens is 210 g/mol. The molecule has 0 saturated heterocycles. The monoisotopic (exact) mass is 220 g/mol. The van der Waals surface area contributed by atoms with Crippen molar-refractivity contribution >= 4 is 0 Å². The van der Waals surface area contributed by atoms with Crippen LogP contribution in [-0.2, 0) is 0 Å². The molecule has 1 nitrogen and oxygen atoms in total. The van der Waals surface area contributed by atoms with E-state index < -0.39 is 5.82 Å². The molecule has 3 heteroatoms. The number of rotatable bonds is 2. The molecule has 16 heavy (non-hydrogen) atoms. The summed E-state index contributed by atoms with van der Waals surface area (Å²) in [6, 6.07) is 10.6. The van der Waals surface area contributed by atoms with Gasteiger partial charge in [0.1, 0.15) is 5.82 Å². The van der Waals surface area contributed by atoms with Crippen LogP contribution in [0.15, 0.2) is 42.5 Å². The summed E-state index contributed by atoms with van der Waals surface area (Å²) >= 11 is 0. The minimum Gasteiger partial charge on any atom is -0.494 e. The standard InChI is InChI=1S/C13H10F2O/c1-16-13-7-4-10(8-12(13)15)9-2-5-11(14)6-3-9/h2-8H,1H3. The predicted octanol–water partition coefficient (Wildman–Crippen LogP) is 3.64. The van der Waals surface area contributed by atoms with Gasteiger partial charge in [-0.1, -0.05) is 18.2 Å². The highest BCUT2D eigenvalue weighted by molar-refractivity contribution is 5.64. The Morgan fingerprint density at radius 2 is 1.50 bits per heavy atom. The maximum absolute atomic E-state index is 13.4. The summed E-state index contributed by atoms with van der Waals surface area (Å²) in [6.45, 7) is 0. The lowest BCUT2D eigenvalue weighted by atomic mass is 10.1. The van der Waals surface area contributed by atoms with Crippen LogP contribution in [0, 0.1) is 11.6 Å². The number of benzene rings is 2. The topological polar surface area (TPSA) is 9.23 Å². The average molecular weight is 220 g/mol. The lowest BCUT2D eigenvalue weighted by Gasteiger charge is -2.05. The maximum Gasteiger partial charge on any atom is 0.165 e. The minimum absolute atomic E-state index is 0.200. The maximum atomic E-state index is 13.4. The van der Waals surface area contributed by atoms with Gasteiger partial charge in [0.05, 0.1) is 7.11 Å². The van der Waals surface area contributed by atoms with E-state index >= 15 is 0 Å². The summed E-state index contributed by atoms with van der Waals surface area (Å²) in [5.74, 6) is -0.534. The second-order valence-corrected chi connectivity index (χ2v) is 3.36. The molecule has 0 fully saturated rings. The second-order valence-electron chi connectivity index (χ2n) is 3.36. The average Bonchev–Trinajstić information content (AvgIpc) is 2.30. The third-order valence-electron chi connectivity index (χ3n) is 2.33. The highest BCUT2D eigenvalue weighted by Gasteiger charge is 2.04. The molecule has 0 heterocycles. The van der Waals surface area contributed by atoms with Crippen molar-refractivity contribution in [1.29, 1.82) is 0 Å². The first-order valence-electron chi connectivity index (χ1n) is 4.80. The van der Waals surface area contributed by atoms with Gasteiger partial charge in [0, 0.05) is 0 Å². The zero-order valence-electron chi connectivity index (χ0n) is 8.71. The van der Waals surface area contributed by atoms with Crippen molar-refractivity contribution in [3.05, 3.63) is 54.1 Å². The molecular formula is C13H10F2O. The minimum atomic E-state index is -0.427. The first-order chi connectivity index (χ1) is 7.70. The van der Waals surface area contributed by atoms with E-state index in [0.29, 0.717) is 5.56 Å². The SMILES string of the molecule is COc1ccc(-c2ccc(F)cc2)cc1F. The molecule has 0 aliphatic heterocycles. The summed E-state index contributed by atoms with van der Waals surface area (Å²) in [6.07, 6.45) is 0. The zero-order valence-corrected chi connectivity index (χ0v) is 8.71. The predicted molar refractivity (Wildman–Crippen MR) is 58.3 cm³/mol. The summed E-state index contributed by atoms with van der Waals surface area (Å²) in [5, 5.41) is 0. The van der Waals surface area contributed by atoms with Crippen LogP contribution in [0.1, 0.15) is 0 Å². The highest BCUT2D eigenvalue weighted by atomic mass is 19.1. The molecule has 2 aromatic carbocycles. The Morgan fingerprint density at radius 3 is 2.06 bits per heavy atom. The lowest BCUT2D eigenvalue weighted by Crippen LogP contribution is -1.88. The smallest absolute Gasteiger partial charge is 0.165 e. The number of ether oxygens (including phenoxy) is 1. The van der Waals surface area contributed by atoms with Gasteiger partial charge in [-0.2, -0.15) is 0 Å². The molecule has 0 bridgehead atoms. The molecule has 0 saturated carbocycles. The van der Waals surface area contributed by atoms with Gasteiger partial charge in [0.2, 0.25) is 0 Å². The van der Waals surface area contributed by atoms with Crippen molar-refractivity contribution < 1.29 is 13.5 Å². The van der Waals surface area contributed by atoms with Crippen molar-refractivity contribution in [3.8, 4) is 16.9 Å². The molecule has 0 aliphatic carbocycles. The summed E-state index contributed by atoms with van der Waals surface area (Å²) in [4.78, 5) is 0. The summed E-state index contributed by atoms with van der Waals surface area (Å²) < 4.78 is 30.9. The van der Waals surface area contributed by atoms with Crippen LogP contribution < -0.4 is 4.74 Å². The van der Waals surface area contributed by atoms with Crippen LogP contribution in [0.5, 0.6) is 5.75 Å². The Balaban J connectivity index is 2.41. The van der Waals surface area contributed by atoms with E-state index in [0.717, 1.165) is 5.56 Å². The Labute approximate surface area is 92.3 Å². The molecule has 0 unspecified atom stereocenters. The lowest BCUT2D eigenvalue weighted by molar-refractivity contribution is 0.386. The van der Waals surface area contributed by atoms with Crippen LogP contribution in [0.4, 0.5) is 8.78 Å². The van der Waals surface area contributed by atoms with Crippen molar-refractivity contribution in [2.75, 3.05) is 7.11 Å². The molecule has 82 valence electrons. The Morgan fingerprint density at radius 1 is 0.875 bits per heavy atom. The fourth-order valence-electron chi connectivity index (χ4n) is 1.49. The quantitative estimate of drug-likeness (QED) is 0.750. The van der Waals surface area contributed by atoms with E-state index in [2.05, 4.69) is 0 Å². The Bertz CT molecular complexity index is 492. The van der Waals surface area contributed by atoms with Gasteiger partial charge >= 0.3 is 0 Å². The van der Waals surface area contributed by atoms with E-state index in [9.17, 15) is 8.78 Å². The molecule has 2 rings (SSSR count). The molecule has 0 aromatic heterocycles. The third-order valence-corrected chi connectivity index (χ3v) is 2.33. The van der Waals surface area contributed by atoms with Gasteiger partial charge in [0.25, 0.3) is 0 Å². The van der Waals surface area contributed by atoms with Gasteiger partial charge in [-0.05, 0) is 35.4 Å². The second kappa shape index (κ2) is 4.31. The van der Waals surface area contributed by atoms with Crippen molar-refractivity contribution in [2.24, 2.45) is 0 Å². The normalized spacial score (nSPS) is 10.2. The van der Waals surface area contributed by atoms with Gasteiger partial charge in [-0.25, -0.2) is 8.78 Å². The Hall–Kier alpha value is -1.90. The van der Waals surface area contributed by atoms with Crippen LogP contribution in [0.2, 0.25) is 0 Å². The number of hydrogen-bond acceptors (Lipinski definition) is 1. The number of methoxy groups -OCH3 is 1. The van der Waals surface area contributed by atoms with Crippen molar-refractivity contribution in [2.45, 2.75) is 0 Å². The molecule has 0 radical (unpaired) electrons. The van der Waals surface area contributed by atoms with Gasteiger partial charge < -0.3 is 4.74 Å². The van der Waals surface area contributed by atoms with Crippen LogP contribution in [-0.4, -0.2) is 7.11 Å². The van der Waals surface area contributed by atoms with Crippen molar-refractivity contribution in [3.63, 3.8) is 0 Å².